The van der Waals surface area contributed by atoms with E-state index in [4.69, 9.17) is 37.9 Å². The highest BCUT2D eigenvalue weighted by Gasteiger charge is 2.60. The fourth-order valence-electron chi connectivity index (χ4n) is 14.0. The number of hydrogen-bond acceptors (Lipinski definition) is 30. The van der Waals surface area contributed by atoms with Gasteiger partial charge in [0.25, 0.3) is 0 Å². The molecule has 0 radical (unpaired) electrons. The van der Waals surface area contributed by atoms with E-state index in [1.54, 1.807) is 84.9 Å². The molecule has 0 aliphatic heterocycles. The van der Waals surface area contributed by atoms with Gasteiger partial charge in [0, 0.05) is 70.4 Å². The Morgan fingerprint density at radius 2 is 0.672 bits per heavy atom. The van der Waals surface area contributed by atoms with Crippen LogP contribution in [0.4, 0.5) is 8.78 Å². The zero-order valence-electron chi connectivity index (χ0n) is 66.5. The van der Waals surface area contributed by atoms with E-state index in [1.165, 1.54) is 36.4 Å². The Labute approximate surface area is 967 Å². The van der Waals surface area contributed by atoms with Gasteiger partial charge in [0.1, 0.15) is 54.0 Å². The van der Waals surface area contributed by atoms with Crippen molar-refractivity contribution in [2.45, 2.75) is 43.0 Å². The van der Waals surface area contributed by atoms with Crippen LogP contribution in [-0.4, -0.2) is 160 Å². The SMILES string of the molecule is O=C(OC12CC3CC(C1)C(C(=O)OCC(F)(F)S(=O)(=O)[O-])C(C3)C2)c1cc(I)cc(I)c1I.O=C(OCCS(=O)(=O)[O-])c1ccc(OC(=O)c2cc(I)cc(I)c2I)cc1OC(=O)c1cc(I)cc(I)c1I.O=C(Oc1ccc(C(=O)OCCS(=O)(=O)[O-])c2ccccc12)c1cc(I)cc(I)c1I.O=C(Oc1cccc2c(C(=O)OCCS(=O)(=O)[O-])cccc12)c1cc(I)cc(I)c1I. The summed E-state index contributed by atoms with van der Waals surface area (Å²) >= 11 is 31.5. The Morgan fingerprint density at radius 3 is 1.07 bits per heavy atom. The highest BCUT2D eigenvalue weighted by molar-refractivity contribution is 14.1. The average molecular weight is 3600 g/mol. The molecular formula is C83H53F2I15O30S4-4. The van der Waals surface area contributed by atoms with Crippen LogP contribution in [0.25, 0.3) is 21.5 Å². The van der Waals surface area contributed by atoms with Crippen LogP contribution in [0.15, 0.2) is 152 Å². The van der Waals surface area contributed by atoms with Crippen LogP contribution in [0.2, 0.25) is 0 Å². The number of carbonyl (C=O) groups excluding carboxylic acids is 9. The smallest absolute Gasteiger partial charge is 0.367 e. The van der Waals surface area contributed by atoms with Crippen LogP contribution in [0.3, 0.4) is 0 Å². The van der Waals surface area contributed by atoms with E-state index >= 15 is 0 Å². The van der Waals surface area contributed by atoms with E-state index in [2.05, 4.69) is 298 Å². The second-order valence-corrected chi connectivity index (χ2v) is 52.2. The van der Waals surface area contributed by atoms with Crippen LogP contribution in [0.5, 0.6) is 23.0 Å². The zero-order valence-corrected chi connectivity index (χ0v) is 102. The lowest BCUT2D eigenvalue weighted by atomic mass is 9.50. The lowest BCUT2D eigenvalue weighted by molar-refractivity contribution is -0.186. The van der Waals surface area contributed by atoms with Crippen molar-refractivity contribution < 1.29 is 146 Å². The molecule has 134 heavy (non-hydrogen) atoms. The lowest BCUT2D eigenvalue weighted by Gasteiger charge is -2.58. The van der Waals surface area contributed by atoms with Crippen molar-refractivity contribution in [1.82, 2.24) is 0 Å². The molecule has 2 atom stereocenters. The van der Waals surface area contributed by atoms with Crippen LogP contribution in [-0.2, 0) is 69.0 Å². The number of ether oxygens (including phenoxy) is 9. The minimum Gasteiger partial charge on any atom is -0.748 e. The fraction of sp³-hybridized carbons (Fsp3) is 0.217. The van der Waals surface area contributed by atoms with Crippen molar-refractivity contribution in [1.29, 1.82) is 0 Å². The van der Waals surface area contributed by atoms with E-state index in [0.717, 1.165) is 46.4 Å². The molecule has 4 fully saturated rings. The molecule has 10 aromatic carbocycles. The minimum atomic E-state index is -5.93. The first-order chi connectivity index (χ1) is 62.5. The Bertz CT molecular complexity index is 6730. The number of hydrogen-bond donors (Lipinski definition) is 0. The molecule has 0 aromatic heterocycles. The van der Waals surface area contributed by atoms with Crippen LogP contribution in [0.1, 0.15) is 115 Å². The molecule has 10 aromatic rings. The van der Waals surface area contributed by atoms with Crippen LogP contribution >= 0.6 is 339 Å². The molecule has 0 amide bonds. The topological polar surface area (TPSA) is 466 Å². The summed E-state index contributed by atoms with van der Waals surface area (Å²) in [4.78, 5) is 115. The summed E-state index contributed by atoms with van der Waals surface area (Å²) in [5.41, 5.74) is 1.30. The minimum absolute atomic E-state index is 0.0157. The van der Waals surface area contributed by atoms with Gasteiger partial charge in [-0.15, -0.1) is 0 Å². The predicted octanol–water partition coefficient (Wildman–Crippen LogP) is 20.1. The highest BCUT2D eigenvalue weighted by atomic mass is 127. The Kier molecular flexibility index (Phi) is 42.3. The highest BCUT2D eigenvalue weighted by Crippen LogP contribution is 2.60. The number of benzene rings is 10. The van der Waals surface area contributed by atoms with Gasteiger partial charge in [-0.2, -0.15) is 8.78 Å². The Morgan fingerprint density at radius 1 is 0.343 bits per heavy atom. The second kappa shape index (κ2) is 49.5. The molecule has 712 valence electrons. The van der Waals surface area contributed by atoms with Gasteiger partial charge in [0.15, 0.2) is 16.7 Å². The number of rotatable bonds is 26. The average Bonchev–Trinajstić information content (AvgIpc) is 0.723. The normalized spacial score (nSPS) is 16.1. The van der Waals surface area contributed by atoms with Crippen LogP contribution < -0.4 is 18.9 Å². The molecule has 4 aliphatic rings. The van der Waals surface area contributed by atoms with Gasteiger partial charge in [0.05, 0.1) is 92.5 Å². The standard InChI is InChI=1S/C23H12I6O9S.C20H19F2I3O7S.2C20H13I3O7S/c24-10-5-14(19(28)16(26)7-10)22(31)37-12-1-2-13(21(30)36-3-4-39(33,34)35)18(9-12)38-23(32)15-6-11(25)8-17(27)20(15)29;21-20(22,33(28,29)30)8-31-18(27)15-10-1-9-2-11(15)7-19(5-9,6-10)32-17(26)13-3-12(23)4-14(24)16(13)25;21-11-9-15(18(23)16(22)10-11)20(25)30-17-6-2-3-12-13(17)4-1-5-14(12)19(24)29-7-8-31(26,27)28;21-11-9-15(18(23)16(22)10-11)20(25)30-17-6-5-14(12-3-1-2-4-13(12)17)19(24)29-7-8-31(26,27)28/h1-2,5-9H,3-4H2,(H,33,34,35);3-4,9-11,15H,1-2,5-8H2,(H,28,29,30);2*1-6,9-10H,7-8H2,(H,26,27,28)/p-4. The maximum absolute atomic E-state index is 13.4. The third kappa shape index (κ3) is 31.5. The molecule has 0 heterocycles. The molecule has 4 aliphatic carbocycles. The Hall–Kier alpha value is -1.60. The number of carbonyl (C=O) groups is 9. The van der Waals surface area contributed by atoms with E-state index in [-0.39, 0.29) is 63.0 Å². The van der Waals surface area contributed by atoms with Gasteiger partial charge in [-0.3, -0.25) is 4.79 Å². The number of halogens is 17. The van der Waals surface area contributed by atoms with Gasteiger partial charge in [-0.25, -0.2) is 72.0 Å². The second-order valence-electron chi connectivity index (χ2n) is 28.7. The summed E-state index contributed by atoms with van der Waals surface area (Å²) in [6.45, 7) is -3.56. The van der Waals surface area contributed by atoms with E-state index in [9.17, 15) is 104 Å². The fourth-order valence-corrected chi connectivity index (χ4v) is 27.0. The Balaban J connectivity index is 0.000000186. The van der Waals surface area contributed by atoms with Gasteiger partial charge >= 0.3 is 59.0 Å². The molecule has 4 bridgehead atoms. The third-order valence-electron chi connectivity index (χ3n) is 19.5. The number of fused-ring (bicyclic) bond motifs is 2. The van der Waals surface area contributed by atoms with Crippen molar-refractivity contribution in [3.05, 3.63) is 250 Å². The van der Waals surface area contributed by atoms with Gasteiger partial charge < -0.3 is 60.8 Å². The van der Waals surface area contributed by atoms with Crippen molar-refractivity contribution >= 4 is 455 Å². The number of alkyl halides is 2. The zero-order chi connectivity index (χ0) is 98.9. The van der Waals surface area contributed by atoms with Crippen molar-refractivity contribution in [3.63, 3.8) is 0 Å². The summed E-state index contributed by atoms with van der Waals surface area (Å²) in [5.74, 6) is -9.59. The quantitative estimate of drug-likeness (QED) is 0.0121. The van der Waals surface area contributed by atoms with Gasteiger partial charge in [-0.05, 0) is 497 Å². The molecule has 30 nitrogen and oxygen atoms in total. The first kappa shape index (κ1) is 114. The molecule has 4 saturated carbocycles. The molecule has 0 spiro atoms. The molecule has 2 unspecified atom stereocenters. The molecule has 0 saturated heterocycles. The first-order valence-corrected chi connectivity index (χ1v) is 59.7. The van der Waals surface area contributed by atoms with E-state index in [0.29, 0.717) is 83.0 Å². The largest absolute Gasteiger partial charge is 0.748 e. The maximum Gasteiger partial charge on any atom is 0.367 e. The van der Waals surface area contributed by atoms with Gasteiger partial charge in [0.2, 0.25) is 0 Å². The monoisotopic (exact) mass is 3600 g/mol. The summed E-state index contributed by atoms with van der Waals surface area (Å²) in [5, 5.41) is -2.72. The maximum atomic E-state index is 13.4. The van der Waals surface area contributed by atoms with Crippen molar-refractivity contribution in [2.75, 3.05) is 43.7 Å². The van der Waals surface area contributed by atoms with Gasteiger partial charge in [-0.1, -0.05) is 48.5 Å². The molecule has 51 heteroatoms. The number of esters is 9. The van der Waals surface area contributed by atoms with Crippen LogP contribution in [0, 0.1) is 77.2 Å². The van der Waals surface area contributed by atoms with Crippen molar-refractivity contribution in [3.8, 4) is 23.0 Å². The lowest BCUT2D eigenvalue weighted by Crippen LogP contribution is -2.58. The van der Waals surface area contributed by atoms with Crippen molar-refractivity contribution in [2.24, 2.45) is 23.7 Å². The van der Waals surface area contributed by atoms with E-state index < -0.39 is 155 Å². The molecular weight excluding hydrogens is 3550 g/mol. The third-order valence-corrected chi connectivity index (χ3v) is 40.7. The first-order valence-electron chi connectivity index (χ1n) is 37.3. The predicted molar refractivity (Wildman–Crippen MR) is 602 cm³/mol. The summed E-state index contributed by atoms with van der Waals surface area (Å²) in [6.07, 6.45) is 2.89. The summed E-state index contributed by atoms with van der Waals surface area (Å²) in [6, 6.07) is 41.3. The summed E-state index contributed by atoms with van der Waals surface area (Å²) in [7, 11) is -19.5. The molecule has 0 N–H and O–H groups in total. The van der Waals surface area contributed by atoms with E-state index in [1.807, 2.05) is 75.5 Å². The molecule has 14 rings (SSSR count). The summed E-state index contributed by atoms with van der Waals surface area (Å²) < 4.78 is 216.